The third-order valence-electron chi connectivity index (χ3n) is 4.31. The highest BCUT2D eigenvalue weighted by atomic mass is 32.1. The van der Waals surface area contributed by atoms with Gasteiger partial charge < -0.3 is 20.6 Å². The average Bonchev–Trinajstić information content (AvgIpc) is 3.25. The van der Waals surface area contributed by atoms with Crippen molar-refractivity contribution in [2.45, 2.75) is 25.5 Å². The zero-order chi connectivity index (χ0) is 16.9. The Bertz CT molecular complexity index is 657. The van der Waals surface area contributed by atoms with Crippen molar-refractivity contribution in [1.82, 2.24) is 10.6 Å². The quantitative estimate of drug-likeness (QED) is 0.781. The van der Waals surface area contributed by atoms with Crippen molar-refractivity contribution < 1.29 is 9.90 Å². The number of amides is 2. The summed E-state index contributed by atoms with van der Waals surface area (Å²) in [6.07, 6.45) is 0.267. The lowest BCUT2D eigenvalue weighted by molar-refractivity contribution is 0.173. The fraction of sp³-hybridized carbons (Fsp3) is 0.389. The molecular weight excluding hydrogens is 322 g/mol. The summed E-state index contributed by atoms with van der Waals surface area (Å²) in [6.45, 7) is 4.04. The van der Waals surface area contributed by atoms with E-state index in [4.69, 9.17) is 0 Å². The van der Waals surface area contributed by atoms with Crippen LogP contribution in [-0.4, -0.2) is 36.8 Å². The first-order valence-electron chi connectivity index (χ1n) is 8.18. The minimum absolute atomic E-state index is 0.129. The van der Waals surface area contributed by atoms with Crippen LogP contribution in [0.4, 0.5) is 10.5 Å². The number of benzene rings is 1. The van der Waals surface area contributed by atoms with Gasteiger partial charge in [-0.1, -0.05) is 17.7 Å². The topological polar surface area (TPSA) is 64.6 Å². The number of rotatable bonds is 5. The van der Waals surface area contributed by atoms with Crippen LogP contribution in [0, 0.1) is 6.92 Å². The van der Waals surface area contributed by atoms with Crippen LogP contribution in [0.2, 0.25) is 0 Å². The fourth-order valence-corrected chi connectivity index (χ4v) is 3.58. The van der Waals surface area contributed by atoms with E-state index in [9.17, 15) is 9.90 Å². The molecule has 24 heavy (non-hydrogen) atoms. The van der Waals surface area contributed by atoms with Crippen molar-refractivity contribution in [3.8, 4) is 0 Å². The third kappa shape index (κ3) is 4.27. The molecule has 128 valence electrons. The first-order valence-corrected chi connectivity index (χ1v) is 9.12. The molecule has 2 aromatic rings. The molecule has 2 heterocycles. The zero-order valence-electron chi connectivity index (χ0n) is 13.7. The second-order valence-electron chi connectivity index (χ2n) is 6.19. The molecule has 1 aromatic heterocycles. The summed E-state index contributed by atoms with van der Waals surface area (Å²) in [7, 11) is 0. The predicted octanol–water partition coefficient (Wildman–Crippen LogP) is 2.67. The average molecular weight is 345 g/mol. The van der Waals surface area contributed by atoms with Gasteiger partial charge in [0.2, 0.25) is 0 Å². The molecular formula is C18H23N3O2S. The lowest BCUT2D eigenvalue weighted by atomic mass is 10.2. The van der Waals surface area contributed by atoms with E-state index >= 15 is 0 Å². The highest BCUT2D eigenvalue weighted by molar-refractivity contribution is 7.07. The third-order valence-corrected chi connectivity index (χ3v) is 5.01. The van der Waals surface area contributed by atoms with Crippen molar-refractivity contribution >= 4 is 23.1 Å². The van der Waals surface area contributed by atoms with Crippen molar-refractivity contribution in [1.29, 1.82) is 0 Å². The number of hydrogen-bond acceptors (Lipinski definition) is 4. The van der Waals surface area contributed by atoms with E-state index in [1.807, 2.05) is 16.8 Å². The maximum atomic E-state index is 12.0. The summed E-state index contributed by atoms with van der Waals surface area (Å²) in [5.74, 6) is 0. The molecule has 0 bridgehead atoms. The molecule has 1 aromatic carbocycles. The molecule has 0 radical (unpaired) electrons. The van der Waals surface area contributed by atoms with E-state index in [1.165, 1.54) is 22.6 Å². The molecule has 5 nitrogen and oxygen atoms in total. The Hall–Kier alpha value is -2.05. The van der Waals surface area contributed by atoms with Crippen LogP contribution in [0.5, 0.6) is 0 Å². The maximum absolute atomic E-state index is 12.0. The Kier molecular flexibility index (Phi) is 5.37. The fourth-order valence-electron chi connectivity index (χ4n) is 2.88. The van der Waals surface area contributed by atoms with Crippen LogP contribution in [0.15, 0.2) is 41.1 Å². The van der Waals surface area contributed by atoms with Crippen LogP contribution in [0.25, 0.3) is 0 Å². The van der Waals surface area contributed by atoms with Gasteiger partial charge in [0.05, 0.1) is 6.10 Å². The molecule has 6 heteroatoms. The van der Waals surface area contributed by atoms with Crippen LogP contribution in [0.1, 0.15) is 23.7 Å². The smallest absolute Gasteiger partial charge is 0.315 e. The number of aliphatic hydroxyl groups is 1. The molecule has 2 atom stereocenters. The van der Waals surface area contributed by atoms with E-state index in [0.29, 0.717) is 0 Å². The number of urea groups is 1. The summed E-state index contributed by atoms with van der Waals surface area (Å²) < 4.78 is 0. The zero-order valence-corrected chi connectivity index (χ0v) is 14.6. The van der Waals surface area contributed by atoms with Crippen molar-refractivity contribution in [3.63, 3.8) is 0 Å². The van der Waals surface area contributed by atoms with Crippen LogP contribution < -0.4 is 15.5 Å². The highest BCUT2D eigenvalue weighted by Crippen LogP contribution is 2.20. The molecule has 0 aliphatic carbocycles. The first-order chi connectivity index (χ1) is 11.6. The summed E-state index contributed by atoms with van der Waals surface area (Å²) in [5.41, 5.74) is 3.28. The number of aliphatic hydroxyl groups excluding tert-OH is 1. The molecule has 1 aliphatic rings. The van der Waals surface area contributed by atoms with Gasteiger partial charge in [-0.15, -0.1) is 0 Å². The molecule has 0 spiro atoms. The van der Waals surface area contributed by atoms with Crippen molar-refractivity contribution in [3.05, 3.63) is 52.2 Å². The van der Waals surface area contributed by atoms with E-state index < -0.39 is 6.10 Å². The Balaban J connectivity index is 1.43. The standard InChI is InChI=1S/C18H23N3O2S/c1-13-2-4-16(5-3-13)21-8-6-15(11-21)20-18(23)19-10-17(22)14-7-9-24-12-14/h2-5,7,9,12,15,17,22H,6,8,10-11H2,1H3,(H2,19,20,23)/t15-,17+/m0/s1. The number of hydrogen-bond donors (Lipinski definition) is 3. The van der Waals surface area contributed by atoms with Crippen LogP contribution in [-0.2, 0) is 0 Å². The van der Waals surface area contributed by atoms with Gasteiger partial charge in [0.25, 0.3) is 0 Å². The lowest BCUT2D eigenvalue weighted by Crippen LogP contribution is -2.44. The molecule has 3 rings (SSSR count). The number of carbonyl (C=O) groups is 1. The Labute approximate surface area is 146 Å². The van der Waals surface area contributed by atoms with Gasteiger partial charge in [0, 0.05) is 31.4 Å². The van der Waals surface area contributed by atoms with Gasteiger partial charge in [-0.25, -0.2) is 4.79 Å². The molecule has 1 saturated heterocycles. The van der Waals surface area contributed by atoms with Crippen LogP contribution >= 0.6 is 11.3 Å². The molecule has 3 N–H and O–H groups in total. The first kappa shape index (κ1) is 16.8. The maximum Gasteiger partial charge on any atom is 0.315 e. The summed E-state index contributed by atoms with van der Waals surface area (Å²) in [5, 5.41) is 19.5. The summed E-state index contributed by atoms with van der Waals surface area (Å²) in [4.78, 5) is 14.3. The Morgan fingerprint density at radius 1 is 1.38 bits per heavy atom. The number of anilines is 1. The molecule has 0 saturated carbocycles. The Morgan fingerprint density at radius 3 is 2.88 bits per heavy atom. The largest absolute Gasteiger partial charge is 0.387 e. The van der Waals surface area contributed by atoms with Gasteiger partial charge in [0.1, 0.15) is 0 Å². The number of carbonyl (C=O) groups excluding carboxylic acids is 1. The van der Waals surface area contributed by atoms with E-state index in [-0.39, 0.29) is 18.6 Å². The molecule has 2 amide bonds. The highest BCUT2D eigenvalue weighted by Gasteiger charge is 2.24. The van der Waals surface area contributed by atoms with E-state index in [0.717, 1.165) is 25.1 Å². The number of aryl methyl sites for hydroxylation is 1. The minimum atomic E-state index is -0.658. The predicted molar refractivity (Wildman–Crippen MR) is 97.6 cm³/mol. The van der Waals surface area contributed by atoms with Crippen molar-refractivity contribution in [2.24, 2.45) is 0 Å². The molecule has 1 fully saturated rings. The number of nitrogens with zero attached hydrogens (tertiary/aromatic N) is 1. The SMILES string of the molecule is Cc1ccc(N2CC[C@H](NC(=O)NC[C@@H](O)c3ccsc3)C2)cc1. The minimum Gasteiger partial charge on any atom is -0.387 e. The van der Waals surface area contributed by atoms with Crippen LogP contribution in [0.3, 0.4) is 0 Å². The normalized spacial score (nSPS) is 18.4. The monoisotopic (exact) mass is 345 g/mol. The Morgan fingerprint density at radius 2 is 2.17 bits per heavy atom. The second kappa shape index (κ2) is 7.68. The van der Waals surface area contributed by atoms with Gasteiger partial charge in [0.15, 0.2) is 0 Å². The number of nitrogens with one attached hydrogen (secondary N) is 2. The summed E-state index contributed by atoms with van der Waals surface area (Å²) in [6, 6.07) is 10.2. The van der Waals surface area contributed by atoms with Gasteiger partial charge >= 0.3 is 6.03 Å². The van der Waals surface area contributed by atoms with Crippen molar-refractivity contribution in [2.75, 3.05) is 24.5 Å². The second-order valence-corrected chi connectivity index (χ2v) is 6.97. The molecule has 1 aliphatic heterocycles. The molecule has 0 unspecified atom stereocenters. The lowest BCUT2D eigenvalue weighted by Gasteiger charge is -2.19. The van der Waals surface area contributed by atoms with E-state index in [2.05, 4.69) is 46.7 Å². The van der Waals surface area contributed by atoms with Gasteiger partial charge in [-0.05, 0) is 47.9 Å². The van der Waals surface area contributed by atoms with E-state index in [1.54, 1.807) is 0 Å². The summed E-state index contributed by atoms with van der Waals surface area (Å²) >= 11 is 1.53. The van der Waals surface area contributed by atoms with Gasteiger partial charge in [-0.3, -0.25) is 0 Å². The van der Waals surface area contributed by atoms with Gasteiger partial charge in [-0.2, -0.15) is 11.3 Å². The number of thiophene rings is 1.